The second-order valence-corrected chi connectivity index (χ2v) is 9.62. The maximum Gasteiger partial charge on any atom is 0.303 e. The van der Waals surface area contributed by atoms with Crippen molar-refractivity contribution in [1.82, 2.24) is 0 Å². The van der Waals surface area contributed by atoms with Crippen LogP contribution in [-0.2, 0) is 4.79 Å². The quantitative estimate of drug-likeness (QED) is 0.100. The first-order valence-corrected chi connectivity index (χ1v) is 14.6. The maximum absolute atomic E-state index is 10.4. The molecule has 2 nitrogen and oxygen atoms in total. The largest absolute Gasteiger partial charge is 0.481 e. The van der Waals surface area contributed by atoms with Gasteiger partial charge in [-0.2, -0.15) is 0 Å². The Morgan fingerprint density at radius 2 is 0.794 bits per heavy atom. The van der Waals surface area contributed by atoms with Crippen molar-refractivity contribution in [2.75, 3.05) is 0 Å². The van der Waals surface area contributed by atoms with Crippen molar-refractivity contribution in [2.45, 2.75) is 148 Å². The van der Waals surface area contributed by atoms with Crippen LogP contribution in [0.25, 0.3) is 0 Å². The molecule has 0 heterocycles. The summed E-state index contributed by atoms with van der Waals surface area (Å²) in [4.78, 5) is 10.4. The van der Waals surface area contributed by atoms with E-state index < -0.39 is 5.97 Å². The highest BCUT2D eigenvalue weighted by Gasteiger charge is 1.97. The average molecular weight is 473 g/mol. The molecule has 0 bridgehead atoms. The lowest BCUT2D eigenvalue weighted by atomic mass is 10.0. The predicted octanol–water partition coefficient (Wildman–Crippen LogP) is 10.9. The number of carbonyl (C=O) groups is 1. The fraction of sp³-hybridized carbons (Fsp3) is 0.719. The van der Waals surface area contributed by atoms with E-state index in [-0.39, 0.29) is 0 Å². The minimum absolute atomic E-state index is 0.337. The van der Waals surface area contributed by atoms with E-state index in [4.69, 9.17) is 5.11 Å². The van der Waals surface area contributed by atoms with E-state index in [1.54, 1.807) is 0 Å². The number of unbranched alkanes of at least 4 members (excludes halogenated alkanes) is 16. The van der Waals surface area contributed by atoms with Crippen LogP contribution in [0.5, 0.6) is 0 Å². The first kappa shape index (κ1) is 32.4. The molecule has 0 aromatic carbocycles. The number of carboxylic acid groups (broad SMARTS) is 1. The predicted molar refractivity (Wildman–Crippen MR) is 151 cm³/mol. The van der Waals surface area contributed by atoms with Crippen molar-refractivity contribution in [2.24, 2.45) is 0 Å². The van der Waals surface area contributed by atoms with Gasteiger partial charge < -0.3 is 5.11 Å². The van der Waals surface area contributed by atoms with Gasteiger partial charge in [-0.05, 0) is 51.4 Å². The minimum Gasteiger partial charge on any atom is -0.481 e. The molecule has 0 aromatic heterocycles. The Labute approximate surface area is 212 Å². The van der Waals surface area contributed by atoms with E-state index in [2.05, 4.69) is 55.5 Å². The first-order valence-electron chi connectivity index (χ1n) is 14.6. The van der Waals surface area contributed by atoms with Crippen LogP contribution < -0.4 is 0 Å². The van der Waals surface area contributed by atoms with Gasteiger partial charge in [0.1, 0.15) is 0 Å². The Hall–Kier alpha value is -1.57. The molecule has 196 valence electrons. The molecule has 0 saturated carbocycles. The zero-order chi connectivity index (χ0) is 24.8. The van der Waals surface area contributed by atoms with Crippen LogP contribution in [0, 0.1) is 0 Å². The van der Waals surface area contributed by atoms with Gasteiger partial charge in [0.25, 0.3) is 0 Å². The Bertz CT molecular complexity index is 527. The second kappa shape index (κ2) is 29.5. The number of aliphatic carboxylic acids is 1. The van der Waals surface area contributed by atoms with Gasteiger partial charge in [0.2, 0.25) is 0 Å². The first-order chi connectivity index (χ1) is 16.8. The van der Waals surface area contributed by atoms with Crippen LogP contribution in [-0.4, -0.2) is 11.1 Å². The van der Waals surface area contributed by atoms with Gasteiger partial charge in [-0.1, -0.05) is 139 Å². The minimum atomic E-state index is -0.657. The second-order valence-electron chi connectivity index (χ2n) is 9.62. The van der Waals surface area contributed by atoms with Crippen molar-refractivity contribution in [3.8, 4) is 0 Å². The number of hydrogen-bond acceptors (Lipinski definition) is 1. The van der Waals surface area contributed by atoms with Crippen LogP contribution in [0.15, 0.2) is 48.6 Å². The van der Waals surface area contributed by atoms with Gasteiger partial charge in [0.15, 0.2) is 0 Å². The van der Waals surface area contributed by atoms with Crippen molar-refractivity contribution in [3.05, 3.63) is 48.6 Å². The topological polar surface area (TPSA) is 37.3 Å². The zero-order valence-electron chi connectivity index (χ0n) is 22.5. The molecule has 0 unspecified atom stereocenters. The Balaban J connectivity index is 3.25. The molecule has 0 aromatic rings. The van der Waals surface area contributed by atoms with Crippen LogP contribution in [0.4, 0.5) is 0 Å². The van der Waals surface area contributed by atoms with Gasteiger partial charge in [0.05, 0.1) is 0 Å². The van der Waals surface area contributed by atoms with Crippen LogP contribution in [0.3, 0.4) is 0 Å². The number of allylic oxidation sites excluding steroid dienone is 8. The SMILES string of the molecule is CCCCCC=CCC=CCC=CCC=CCCCCCCCCCCCCCCCC(=O)O. The fourth-order valence-electron chi connectivity index (χ4n) is 4.04. The Morgan fingerprint density at radius 3 is 1.18 bits per heavy atom. The highest BCUT2D eigenvalue weighted by atomic mass is 16.4. The summed E-state index contributed by atoms with van der Waals surface area (Å²) in [5, 5.41) is 8.61. The van der Waals surface area contributed by atoms with Gasteiger partial charge in [-0.25, -0.2) is 0 Å². The van der Waals surface area contributed by atoms with E-state index >= 15 is 0 Å². The zero-order valence-corrected chi connectivity index (χ0v) is 22.5. The van der Waals surface area contributed by atoms with E-state index in [0.717, 1.165) is 32.1 Å². The third-order valence-electron chi connectivity index (χ3n) is 6.22. The lowest BCUT2D eigenvalue weighted by Gasteiger charge is -2.03. The molecular formula is C32H56O2. The molecule has 0 spiro atoms. The number of rotatable bonds is 26. The summed E-state index contributed by atoms with van der Waals surface area (Å²) in [7, 11) is 0. The summed E-state index contributed by atoms with van der Waals surface area (Å²) in [6, 6.07) is 0. The average Bonchev–Trinajstić information content (AvgIpc) is 2.83. The third-order valence-corrected chi connectivity index (χ3v) is 6.22. The van der Waals surface area contributed by atoms with Crippen molar-refractivity contribution < 1.29 is 9.90 Å². The van der Waals surface area contributed by atoms with Crippen molar-refractivity contribution >= 4 is 5.97 Å². The molecular weight excluding hydrogens is 416 g/mol. The summed E-state index contributed by atoms with van der Waals surface area (Å²) in [6.45, 7) is 2.25. The molecule has 0 aliphatic rings. The van der Waals surface area contributed by atoms with E-state index in [1.807, 2.05) is 0 Å². The molecule has 2 heteroatoms. The molecule has 0 atom stereocenters. The van der Waals surface area contributed by atoms with Crippen molar-refractivity contribution in [1.29, 1.82) is 0 Å². The lowest BCUT2D eigenvalue weighted by Crippen LogP contribution is -1.93. The summed E-state index contributed by atoms with van der Waals surface area (Å²) in [6.07, 6.45) is 45.0. The lowest BCUT2D eigenvalue weighted by molar-refractivity contribution is -0.137. The Kier molecular flexibility index (Phi) is 28.1. The van der Waals surface area contributed by atoms with Gasteiger partial charge in [-0.15, -0.1) is 0 Å². The molecule has 34 heavy (non-hydrogen) atoms. The van der Waals surface area contributed by atoms with E-state index in [0.29, 0.717) is 6.42 Å². The van der Waals surface area contributed by atoms with Gasteiger partial charge in [0, 0.05) is 6.42 Å². The molecule has 0 aliphatic heterocycles. The highest BCUT2D eigenvalue weighted by molar-refractivity contribution is 5.66. The number of hydrogen-bond donors (Lipinski definition) is 1. The summed E-state index contributed by atoms with van der Waals surface area (Å²) in [5.74, 6) is -0.657. The van der Waals surface area contributed by atoms with Gasteiger partial charge in [-0.3, -0.25) is 4.79 Å². The molecule has 1 N–H and O–H groups in total. The molecule has 0 amide bonds. The molecule has 0 radical (unpaired) electrons. The standard InChI is InChI=1S/C32H56O2/c1-2-3-4-5-6-7-8-9-10-11-12-13-14-15-16-17-18-19-20-21-22-23-24-25-26-27-28-29-30-31-32(33)34/h6-7,9-10,12-13,15-16H,2-5,8,11,14,17-31H2,1H3,(H,33,34). The molecule has 0 saturated heterocycles. The maximum atomic E-state index is 10.4. The molecule has 0 aliphatic carbocycles. The Morgan fingerprint density at radius 1 is 0.471 bits per heavy atom. The summed E-state index contributed by atoms with van der Waals surface area (Å²) >= 11 is 0. The highest BCUT2D eigenvalue weighted by Crippen LogP contribution is 2.13. The fourth-order valence-corrected chi connectivity index (χ4v) is 4.04. The van der Waals surface area contributed by atoms with Crippen molar-refractivity contribution in [3.63, 3.8) is 0 Å². The smallest absolute Gasteiger partial charge is 0.303 e. The molecule has 0 rings (SSSR count). The van der Waals surface area contributed by atoms with E-state index in [1.165, 1.54) is 103 Å². The van der Waals surface area contributed by atoms with E-state index in [9.17, 15) is 4.79 Å². The van der Waals surface area contributed by atoms with Gasteiger partial charge >= 0.3 is 5.97 Å². The normalized spacial score (nSPS) is 12.3. The van der Waals surface area contributed by atoms with Crippen LogP contribution >= 0.6 is 0 Å². The summed E-state index contributed by atoms with van der Waals surface area (Å²) < 4.78 is 0. The monoisotopic (exact) mass is 472 g/mol. The summed E-state index contributed by atoms with van der Waals surface area (Å²) in [5.41, 5.74) is 0. The van der Waals surface area contributed by atoms with Crippen LogP contribution in [0.2, 0.25) is 0 Å². The third kappa shape index (κ3) is 30.4. The number of carboxylic acids is 1. The molecule has 0 fully saturated rings. The van der Waals surface area contributed by atoms with Crippen LogP contribution in [0.1, 0.15) is 148 Å².